The number of piperazine rings is 1. The number of nitrogens with zero attached hydrogens (tertiary/aromatic N) is 2. The van der Waals surface area contributed by atoms with Gasteiger partial charge >= 0.3 is 0 Å². The zero-order chi connectivity index (χ0) is 17.1. The van der Waals surface area contributed by atoms with Crippen LogP contribution in [0.15, 0.2) is 46.9 Å². The maximum Gasteiger partial charge on any atom is 0.196 e. The van der Waals surface area contributed by atoms with Gasteiger partial charge in [0.2, 0.25) is 0 Å². The van der Waals surface area contributed by atoms with Crippen LogP contribution in [0.1, 0.15) is 21.5 Å². The molecule has 0 aromatic heterocycles. The number of hydrogen-bond donors (Lipinski definition) is 0. The predicted octanol–water partition coefficient (Wildman–Crippen LogP) is 3.57. The quantitative estimate of drug-likeness (QED) is 0.745. The molecule has 1 saturated heterocycles. The molecule has 0 aliphatic carbocycles. The van der Waals surface area contributed by atoms with Crippen LogP contribution < -0.4 is 0 Å². The average Bonchev–Trinajstić information content (AvgIpc) is 2.57. The first-order valence-corrected chi connectivity index (χ1v) is 8.82. The predicted molar refractivity (Wildman–Crippen MR) is 96.7 cm³/mol. The Kier molecular flexibility index (Phi) is 5.43. The lowest BCUT2D eigenvalue weighted by Crippen LogP contribution is -2.44. The number of rotatable bonds is 4. The second-order valence-corrected chi connectivity index (χ2v) is 7.11. The Hall–Kier alpha value is -1.56. The summed E-state index contributed by atoms with van der Waals surface area (Å²) in [6, 6.07) is 12.1. The van der Waals surface area contributed by atoms with Crippen molar-refractivity contribution in [3.05, 3.63) is 69.4 Å². The highest BCUT2D eigenvalue weighted by atomic mass is 79.9. The minimum Gasteiger partial charge on any atom is -0.304 e. The van der Waals surface area contributed by atoms with Gasteiger partial charge in [-0.25, -0.2) is 4.39 Å². The Bertz CT molecular complexity index is 742. The molecule has 0 amide bonds. The van der Waals surface area contributed by atoms with E-state index in [2.05, 4.69) is 32.8 Å². The number of likely N-dealkylation sites (N-methyl/N-ethyl adjacent to an activating group) is 1. The second kappa shape index (κ2) is 7.55. The summed E-state index contributed by atoms with van der Waals surface area (Å²) in [7, 11) is 2.12. The molecule has 1 aliphatic heterocycles. The maximum absolute atomic E-state index is 14.2. The molecule has 2 aromatic carbocycles. The third-order valence-corrected chi connectivity index (χ3v) is 4.92. The smallest absolute Gasteiger partial charge is 0.196 e. The molecule has 1 fully saturated rings. The van der Waals surface area contributed by atoms with Crippen LogP contribution in [0.3, 0.4) is 0 Å². The minimum absolute atomic E-state index is 0.115. The van der Waals surface area contributed by atoms with E-state index in [1.54, 1.807) is 12.1 Å². The molecule has 0 atom stereocenters. The number of carbonyl (C=O) groups is 1. The van der Waals surface area contributed by atoms with E-state index >= 15 is 0 Å². The minimum atomic E-state index is -0.497. The van der Waals surface area contributed by atoms with Gasteiger partial charge < -0.3 is 4.90 Å². The Balaban J connectivity index is 1.84. The van der Waals surface area contributed by atoms with Crippen molar-refractivity contribution >= 4 is 21.7 Å². The number of halogens is 2. The fourth-order valence-corrected chi connectivity index (χ4v) is 3.28. The zero-order valence-electron chi connectivity index (χ0n) is 13.6. The first kappa shape index (κ1) is 17.3. The monoisotopic (exact) mass is 390 g/mol. The summed E-state index contributed by atoms with van der Waals surface area (Å²) in [6.07, 6.45) is 0. The molecule has 5 heteroatoms. The summed E-state index contributed by atoms with van der Waals surface area (Å²) < 4.78 is 14.8. The Morgan fingerprint density at radius 1 is 1.08 bits per heavy atom. The largest absolute Gasteiger partial charge is 0.304 e. The van der Waals surface area contributed by atoms with Gasteiger partial charge in [-0.1, -0.05) is 40.2 Å². The topological polar surface area (TPSA) is 23.6 Å². The molecule has 1 aliphatic rings. The molecule has 0 spiro atoms. The standard InChI is InChI=1S/C19H20BrFN2O/c1-22-8-10-23(11-9-22)13-14-4-2-3-5-16(14)19(24)17-7-6-15(20)12-18(17)21/h2-7,12H,8-11,13H2,1H3. The molecule has 2 aromatic rings. The van der Waals surface area contributed by atoms with Crippen LogP contribution >= 0.6 is 15.9 Å². The second-order valence-electron chi connectivity index (χ2n) is 6.19. The van der Waals surface area contributed by atoms with Crippen molar-refractivity contribution in [2.75, 3.05) is 33.2 Å². The van der Waals surface area contributed by atoms with Gasteiger partial charge in [-0.15, -0.1) is 0 Å². The highest BCUT2D eigenvalue weighted by Crippen LogP contribution is 2.21. The van der Waals surface area contributed by atoms with E-state index in [0.29, 0.717) is 16.6 Å². The Morgan fingerprint density at radius 2 is 1.79 bits per heavy atom. The molecule has 3 rings (SSSR count). The summed E-state index contributed by atoms with van der Waals surface area (Å²) in [5, 5.41) is 0. The summed E-state index contributed by atoms with van der Waals surface area (Å²) in [6.45, 7) is 4.72. The van der Waals surface area contributed by atoms with Crippen LogP contribution in [-0.4, -0.2) is 48.8 Å². The Morgan fingerprint density at radius 3 is 2.50 bits per heavy atom. The highest BCUT2D eigenvalue weighted by Gasteiger charge is 2.20. The number of carbonyl (C=O) groups excluding carboxylic acids is 1. The number of ketones is 1. The lowest BCUT2D eigenvalue weighted by atomic mass is 9.97. The van der Waals surface area contributed by atoms with Crippen LogP contribution in [0, 0.1) is 5.82 Å². The van der Waals surface area contributed by atoms with Gasteiger partial charge in [-0.05, 0) is 30.8 Å². The molecule has 1 heterocycles. The Labute approximate surface area is 150 Å². The van der Waals surface area contributed by atoms with Gasteiger partial charge in [0.05, 0.1) is 5.56 Å². The molecule has 0 radical (unpaired) electrons. The van der Waals surface area contributed by atoms with Gasteiger partial charge in [-0.3, -0.25) is 9.69 Å². The fraction of sp³-hybridized carbons (Fsp3) is 0.316. The van der Waals surface area contributed by atoms with Crippen molar-refractivity contribution in [2.45, 2.75) is 6.54 Å². The molecule has 0 N–H and O–H groups in total. The maximum atomic E-state index is 14.2. The van der Waals surface area contributed by atoms with Crippen LogP contribution in [0.25, 0.3) is 0 Å². The van der Waals surface area contributed by atoms with Crippen LogP contribution in [0.2, 0.25) is 0 Å². The van der Waals surface area contributed by atoms with Gasteiger partial charge in [0, 0.05) is 42.8 Å². The van der Waals surface area contributed by atoms with Crippen molar-refractivity contribution < 1.29 is 9.18 Å². The first-order valence-electron chi connectivity index (χ1n) is 8.03. The van der Waals surface area contributed by atoms with E-state index in [-0.39, 0.29) is 11.3 Å². The molecule has 24 heavy (non-hydrogen) atoms. The van der Waals surface area contributed by atoms with Gasteiger partial charge in [-0.2, -0.15) is 0 Å². The number of benzene rings is 2. The van der Waals surface area contributed by atoms with E-state index < -0.39 is 5.82 Å². The molecule has 0 unspecified atom stereocenters. The third kappa shape index (κ3) is 3.91. The van der Waals surface area contributed by atoms with Crippen molar-refractivity contribution in [1.29, 1.82) is 0 Å². The molecule has 126 valence electrons. The van der Waals surface area contributed by atoms with Crippen molar-refractivity contribution in [3.8, 4) is 0 Å². The lowest BCUT2D eigenvalue weighted by molar-refractivity contribution is 0.103. The van der Waals surface area contributed by atoms with E-state index in [0.717, 1.165) is 31.7 Å². The SMILES string of the molecule is CN1CCN(Cc2ccccc2C(=O)c2ccc(Br)cc2F)CC1. The van der Waals surface area contributed by atoms with Crippen LogP contribution in [-0.2, 0) is 6.54 Å². The average molecular weight is 391 g/mol. The normalized spacial score (nSPS) is 16.3. The summed E-state index contributed by atoms with van der Waals surface area (Å²) in [4.78, 5) is 17.4. The molecule has 0 saturated carbocycles. The fourth-order valence-electron chi connectivity index (χ4n) is 2.95. The van der Waals surface area contributed by atoms with Crippen LogP contribution in [0.4, 0.5) is 4.39 Å². The van der Waals surface area contributed by atoms with Crippen LogP contribution in [0.5, 0.6) is 0 Å². The van der Waals surface area contributed by atoms with Gasteiger partial charge in [0.15, 0.2) is 5.78 Å². The zero-order valence-corrected chi connectivity index (χ0v) is 15.2. The van der Waals surface area contributed by atoms with Crippen molar-refractivity contribution in [2.24, 2.45) is 0 Å². The molecular formula is C19H20BrFN2O. The molecule has 3 nitrogen and oxygen atoms in total. The third-order valence-electron chi connectivity index (χ3n) is 4.43. The summed E-state index contributed by atoms with van der Waals surface area (Å²) in [5.74, 6) is -0.756. The van der Waals surface area contributed by atoms with E-state index in [4.69, 9.17) is 0 Å². The number of hydrogen-bond acceptors (Lipinski definition) is 3. The molecular weight excluding hydrogens is 371 g/mol. The van der Waals surface area contributed by atoms with E-state index in [1.165, 1.54) is 12.1 Å². The van der Waals surface area contributed by atoms with Crippen molar-refractivity contribution in [3.63, 3.8) is 0 Å². The first-order chi connectivity index (χ1) is 11.5. The molecule has 0 bridgehead atoms. The lowest BCUT2D eigenvalue weighted by Gasteiger charge is -2.32. The van der Waals surface area contributed by atoms with Gasteiger partial charge in [0.1, 0.15) is 5.82 Å². The van der Waals surface area contributed by atoms with E-state index in [1.807, 2.05) is 18.2 Å². The van der Waals surface area contributed by atoms with Gasteiger partial charge in [0.25, 0.3) is 0 Å². The highest BCUT2D eigenvalue weighted by molar-refractivity contribution is 9.10. The summed E-state index contributed by atoms with van der Waals surface area (Å²) in [5.41, 5.74) is 1.65. The van der Waals surface area contributed by atoms with Crippen molar-refractivity contribution in [1.82, 2.24) is 9.80 Å². The summed E-state index contributed by atoms with van der Waals surface area (Å²) >= 11 is 3.22. The van der Waals surface area contributed by atoms with E-state index in [9.17, 15) is 9.18 Å².